The maximum absolute atomic E-state index is 11.9. The first-order valence-corrected chi connectivity index (χ1v) is 9.43. The second-order valence-corrected chi connectivity index (χ2v) is 7.13. The van der Waals surface area contributed by atoms with Crippen molar-refractivity contribution in [3.63, 3.8) is 0 Å². The van der Waals surface area contributed by atoms with Crippen molar-refractivity contribution in [3.8, 4) is 0 Å². The van der Waals surface area contributed by atoms with Gasteiger partial charge in [0.25, 0.3) is 0 Å². The molecule has 0 unspecified atom stereocenters. The van der Waals surface area contributed by atoms with Crippen LogP contribution in [0.5, 0.6) is 0 Å². The van der Waals surface area contributed by atoms with E-state index < -0.39 is 0 Å². The van der Waals surface area contributed by atoms with Gasteiger partial charge >= 0.3 is 0 Å². The second-order valence-electron chi connectivity index (χ2n) is 7.13. The maximum Gasteiger partial charge on any atom is 0.146 e. The van der Waals surface area contributed by atoms with Crippen LogP contribution in [0.4, 0.5) is 0 Å². The van der Waals surface area contributed by atoms with E-state index in [1.54, 1.807) is 12.5 Å². The summed E-state index contributed by atoms with van der Waals surface area (Å²) < 4.78 is 11.5. The first-order valence-electron chi connectivity index (χ1n) is 9.43. The van der Waals surface area contributed by atoms with Gasteiger partial charge in [-0.1, -0.05) is 30.3 Å². The standard InChI is InChI=1S/C24H19NO3/c26-15-17-9-11-18(21-7-3-13-27-21)24(23(17)22-8-4-14-28-22)20-12-10-16-5-1-2-6-19(16)25-20/h1-10,12-15,18,23-24H,11H2/t18-,23-,24-/m0/s1. The normalized spacial score (nSPS) is 22.1. The van der Waals surface area contributed by atoms with Gasteiger partial charge in [-0.25, -0.2) is 0 Å². The SMILES string of the molecule is O=CC1=CC[C@@H](c2ccco2)[C@@H](c2ccc3ccccc3n2)[C@@H]1c1ccco1. The van der Waals surface area contributed by atoms with Crippen molar-refractivity contribution >= 4 is 17.2 Å². The summed E-state index contributed by atoms with van der Waals surface area (Å²) in [5.41, 5.74) is 2.62. The Bertz CT molecular complexity index is 1130. The molecule has 5 rings (SSSR count). The minimum absolute atomic E-state index is 0.0629. The Morgan fingerprint density at radius 1 is 0.893 bits per heavy atom. The fraction of sp³-hybridized carbons (Fsp3) is 0.167. The number of carbonyl (C=O) groups is 1. The first kappa shape index (κ1) is 16.8. The summed E-state index contributed by atoms with van der Waals surface area (Å²) in [6.45, 7) is 0. The number of hydrogen-bond donors (Lipinski definition) is 0. The van der Waals surface area contributed by atoms with E-state index in [4.69, 9.17) is 13.8 Å². The number of para-hydroxylation sites is 1. The molecule has 3 atom stereocenters. The Labute approximate surface area is 162 Å². The molecular weight excluding hydrogens is 350 g/mol. The van der Waals surface area contributed by atoms with Gasteiger partial charge < -0.3 is 8.83 Å². The highest BCUT2D eigenvalue weighted by atomic mass is 16.3. The molecule has 0 radical (unpaired) electrons. The van der Waals surface area contributed by atoms with E-state index in [1.807, 2.05) is 48.5 Å². The zero-order valence-electron chi connectivity index (χ0n) is 15.2. The molecule has 1 aliphatic rings. The Balaban J connectivity index is 1.71. The van der Waals surface area contributed by atoms with E-state index in [9.17, 15) is 4.79 Å². The van der Waals surface area contributed by atoms with Crippen LogP contribution in [0.2, 0.25) is 0 Å². The maximum atomic E-state index is 11.9. The van der Waals surface area contributed by atoms with E-state index in [-0.39, 0.29) is 17.8 Å². The quantitative estimate of drug-likeness (QED) is 0.439. The van der Waals surface area contributed by atoms with Crippen molar-refractivity contribution in [2.75, 3.05) is 0 Å². The first-order chi connectivity index (χ1) is 13.8. The lowest BCUT2D eigenvalue weighted by Crippen LogP contribution is -2.25. The van der Waals surface area contributed by atoms with Crippen molar-refractivity contribution in [2.45, 2.75) is 24.2 Å². The summed E-state index contributed by atoms with van der Waals surface area (Å²) in [7, 11) is 0. The Morgan fingerprint density at radius 3 is 2.43 bits per heavy atom. The summed E-state index contributed by atoms with van der Waals surface area (Å²) in [4.78, 5) is 16.9. The summed E-state index contributed by atoms with van der Waals surface area (Å²) in [5, 5.41) is 1.09. The highest BCUT2D eigenvalue weighted by Crippen LogP contribution is 2.51. The van der Waals surface area contributed by atoms with Crippen LogP contribution in [-0.4, -0.2) is 11.3 Å². The molecule has 1 aliphatic carbocycles. The summed E-state index contributed by atoms with van der Waals surface area (Å²) in [6, 6.07) is 19.9. The highest BCUT2D eigenvalue weighted by Gasteiger charge is 2.41. The number of nitrogens with zero attached hydrogens (tertiary/aromatic N) is 1. The van der Waals surface area contributed by atoms with Gasteiger partial charge in [-0.05, 0) is 48.4 Å². The third kappa shape index (κ3) is 2.78. The summed E-state index contributed by atoms with van der Waals surface area (Å²) in [6.07, 6.45) is 7.02. The number of rotatable bonds is 4. The number of pyridine rings is 1. The minimum atomic E-state index is -0.204. The van der Waals surface area contributed by atoms with Crippen LogP contribution >= 0.6 is 0 Å². The van der Waals surface area contributed by atoms with E-state index >= 15 is 0 Å². The van der Waals surface area contributed by atoms with Crippen molar-refractivity contribution in [1.29, 1.82) is 0 Å². The molecule has 4 nitrogen and oxygen atoms in total. The lowest BCUT2D eigenvalue weighted by atomic mass is 9.68. The molecular formula is C24H19NO3. The fourth-order valence-corrected chi connectivity index (χ4v) is 4.35. The number of aldehydes is 1. The smallest absolute Gasteiger partial charge is 0.146 e. The van der Waals surface area contributed by atoms with Gasteiger partial charge in [0.15, 0.2) is 0 Å². The van der Waals surface area contributed by atoms with Crippen molar-refractivity contribution in [3.05, 3.63) is 102 Å². The van der Waals surface area contributed by atoms with Crippen LogP contribution in [0.25, 0.3) is 10.9 Å². The van der Waals surface area contributed by atoms with Gasteiger partial charge in [0.1, 0.15) is 17.8 Å². The lowest BCUT2D eigenvalue weighted by molar-refractivity contribution is -0.105. The second kappa shape index (κ2) is 6.97. The molecule has 3 heterocycles. The average Bonchev–Trinajstić information content (AvgIpc) is 3.46. The van der Waals surface area contributed by atoms with Crippen molar-refractivity contribution in [1.82, 2.24) is 4.98 Å². The third-order valence-corrected chi connectivity index (χ3v) is 5.62. The van der Waals surface area contributed by atoms with E-state index in [1.165, 1.54) is 0 Å². The van der Waals surface area contributed by atoms with E-state index in [0.29, 0.717) is 0 Å². The van der Waals surface area contributed by atoms with Crippen LogP contribution in [0, 0.1) is 0 Å². The average molecular weight is 369 g/mol. The Kier molecular flexibility index (Phi) is 4.17. The summed E-state index contributed by atoms with van der Waals surface area (Å²) in [5.74, 6) is 1.48. The molecule has 0 bridgehead atoms. The predicted molar refractivity (Wildman–Crippen MR) is 106 cm³/mol. The number of aromatic nitrogens is 1. The third-order valence-electron chi connectivity index (χ3n) is 5.62. The Morgan fingerprint density at radius 2 is 1.68 bits per heavy atom. The molecule has 0 amide bonds. The molecule has 4 heteroatoms. The number of fused-ring (bicyclic) bond motifs is 1. The molecule has 0 fully saturated rings. The van der Waals surface area contributed by atoms with E-state index in [2.05, 4.69) is 18.2 Å². The number of carbonyl (C=O) groups excluding carboxylic acids is 1. The van der Waals surface area contributed by atoms with Crippen LogP contribution in [0.3, 0.4) is 0 Å². The molecule has 0 N–H and O–H groups in total. The van der Waals surface area contributed by atoms with Gasteiger partial charge in [-0.3, -0.25) is 9.78 Å². The summed E-state index contributed by atoms with van der Waals surface area (Å²) >= 11 is 0. The van der Waals surface area contributed by atoms with Crippen LogP contribution < -0.4 is 0 Å². The van der Waals surface area contributed by atoms with Gasteiger partial charge in [-0.15, -0.1) is 0 Å². The number of hydrogen-bond acceptors (Lipinski definition) is 4. The van der Waals surface area contributed by atoms with E-state index in [0.717, 1.165) is 46.4 Å². The zero-order chi connectivity index (χ0) is 18.9. The van der Waals surface area contributed by atoms with Crippen LogP contribution in [0.1, 0.15) is 41.4 Å². The van der Waals surface area contributed by atoms with Crippen LogP contribution in [-0.2, 0) is 4.79 Å². The molecule has 3 aromatic heterocycles. The monoisotopic (exact) mass is 369 g/mol. The number of allylic oxidation sites excluding steroid dienone is 2. The zero-order valence-corrected chi connectivity index (χ0v) is 15.2. The molecule has 1 aromatic carbocycles. The number of furan rings is 2. The molecule has 4 aromatic rings. The van der Waals surface area contributed by atoms with Crippen molar-refractivity contribution in [2.24, 2.45) is 0 Å². The molecule has 28 heavy (non-hydrogen) atoms. The largest absolute Gasteiger partial charge is 0.469 e. The van der Waals surface area contributed by atoms with Gasteiger partial charge in [-0.2, -0.15) is 0 Å². The molecule has 0 aliphatic heterocycles. The topological polar surface area (TPSA) is 56.2 Å². The highest BCUT2D eigenvalue weighted by molar-refractivity contribution is 5.79. The van der Waals surface area contributed by atoms with Gasteiger partial charge in [0, 0.05) is 22.9 Å². The molecule has 0 saturated carbocycles. The Hall–Kier alpha value is -3.40. The number of benzene rings is 1. The van der Waals surface area contributed by atoms with Gasteiger partial charge in [0.2, 0.25) is 0 Å². The molecule has 0 spiro atoms. The minimum Gasteiger partial charge on any atom is -0.469 e. The molecule has 0 saturated heterocycles. The van der Waals surface area contributed by atoms with Gasteiger partial charge in [0.05, 0.1) is 24.0 Å². The fourth-order valence-electron chi connectivity index (χ4n) is 4.35. The van der Waals surface area contributed by atoms with Crippen LogP contribution in [0.15, 0.2) is 93.7 Å². The lowest BCUT2D eigenvalue weighted by Gasteiger charge is -2.35. The predicted octanol–water partition coefficient (Wildman–Crippen LogP) is 5.60. The van der Waals surface area contributed by atoms with Crippen molar-refractivity contribution < 1.29 is 13.6 Å². The molecule has 138 valence electrons.